The van der Waals surface area contributed by atoms with Gasteiger partial charge in [0, 0.05) is 47.0 Å². The van der Waals surface area contributed by atoms with Gasteiger partial charge in [-0.1, -0.05) is 39.8 Å². The summed E-state index contributed by atoms with van der Waals surface area (Å²) in [5.74, 6) is 0.336. The average molecular weight is 683 g/mol. The van der Waals surface area contributed by atoms with Gasteiger partial charge in [-0.05, 0) is 95.5 Å². The molecule has 3 aliphatic rings. The first kappa shape index (κ1) is 30.3. The fourth-order valence-electron chi connectivity index (χ4n) is 6.44. The number of amides is 1. The molecule has 1 amide bonds. The summed E-state index contributed by atoms with van der Waals surface area (Å²) in [6.07, 6.45) is 2.34. The van der Waals surface area contributed by atoms with Crippen molar-refractivity contribution in [3.8, 4) is 11.5 Å². The Balaban J connectivity index is 1.52. The smallest absolute Gasteiger partial charge is 0.262 e. The van der Waals surface area contributed by atoms with E-state index in [-0.39, 0.29) is 34.9 Å². The van der Waals surface area contributed by atoms with Crippen LogP contribution >= 0.6 is 22.6 Å². The summed E-state index contributed by atoms with van der Waals surface area (Å²) in [5.41, 5.74) is 5.46. The molecular formula is C34H39IN2O5. The molecule has 2 aromatic rings. The lowest BCUT2D eigenvalue weighted by Gasteiger charge is -2.44. The van der Waals surface area contributed by atoms with Gasteiger partial charge < -0.3 is 20.1 Å². The third-order valence-corrected chi connectivity index (χ3v) is 8.83. The zero-order valence-electron chi connectivity index (χ0n) is 25.2. The lowest BCUT2D eigenvalue weighted by Crippen LogP contribution is -2.42. The van der Waals surface area contributed by atoms with Crippen LogP contribution in [0.25, 0.3) is 0 Å². The molecule has 1 heterocycles. The van der Waals surface area contributed by atoms with Crippen LogP contribution in [0.5, 0.6) is 11.5 Å². The van der Waals surface area contributed by atoms with Crippen LogP contribution in [0.15, 0.2) is 58.9 Å². The van der Waals surface area contributed by atoms with Crippen molar-refractivity contribution in [1.82, 2.24) is 5.32 Å². The largest absolute Gasteiger partial charge is 0.490 e. The maximum absolute atomic E-state index is 13.7. The maximum Gasteiger partial charge on any atom is 0.262 e. The van der Waals surface area contributed by atoms with Gasteiger partial charge in [-0.3, -0.25) is 14.4 Å². The highest BCUT2D eigenvalue weighted by Gasteiger charge is 2.46. The van der Waals surface area contributed by atoms with Crippen molar-refractivity contribution in [1.29, 1.82) is 0 Å². The number of anilines is 1. The van der Waals surface area contributed by atoms with Gasteiger partial charge in [-0.25, -0.2) is 0 Å². The predicted octanol–water partition coefficient (Wildman–Crippen LogP) is 6.99. The molecule has 2 aliphatic carbocycles. The van der Waals surface area contributed by atoms with Gasteiger partial charge >= 0.3 is 0 Å². The normalized spacial score (nSPS) is 19.6. The Bertz CT molecular complexity index is 1480. The summed E-state index contributed by atoms with van der Waals surface area (Å²) < 4.78 is 12.8. The number of carbonyl (C=O) groups excluding carboxylic acids is 3. The first-order valence-corrected chi connectivity index (χ1v) is 15.6. The number of rotatable bonds is 7. The molecule has 0 unspecified atom stereocenters. The summed E-state index contributed by atoms with van der Waals surface area (Å²) in [5, 5.41) is 6.44. The van der Waals surface area contributed by atoms with Crippen molar-refractivity contribution in [2.45, 2.75) is 73.1 Å². The molecule has 0 bridgehead atoms. The molecule has 0 spiro atoms. The molecule has 222 valence electrons. The number of carbonyl (C=O) groups is 3. The number of hydrogen-bond acceptors (Lipinski definition) is 6. The van der Waals surface area contributed by atoms with Crippen LogP contribution < -0.4 is 20.1 Å². The van der Waals surface area contributed by atoms with Crippen LogP contribution in [0.4, 0.5) is 5.69 Å². The Kier molecular flexibility index (Phi) is 8.31. The standard InChI is InChI=1S/C34H39IN2O5/c1-7-41-27-13-20(12-22(35)32(27)42-18-28(40)36-21-10-8-9-19(2)11-21)29-30-23(14-33(3,4)16-25(30)38)37-24-15-34(5,6)17-26(39)31(24)29/h8-13,29,37H,7,14-18H2,1-6H3,(H,36,40). The minimum absolute atomic E-state index is 0.0732. The molecule has 2 N–H and O–H groups in total. The van der Waals surface area contributed by atoms with Crippen LogP contribution in [-0.2, 0) is 14.4 Å². The first-order valence-electron chi connectivity index (χ1n) is 14.5. The van der Waals surface area contributed by atoms with Gasteiger partial charge in [0.05, 0.1) is 10.2 Å². The van der Waals surface area contributed by atoms with Gasteiger partial charge in [-0.2, -0.15) is 0 Å². The van der Waals surface area contributed by atoms with Crippen molar-refractivity contribution in [3.63, 3.8) is 0 Å². The second-order valence-electron chi connectivity index (χ2n) is 13.2. The van der Waals surface area contributed by atoms with Crippen LogP contribution in [0.1, 0.15) is 77.3 Å². The van der Waals surface area contributed by atoms with Crippen molar-refractivity contribution in [2.75, 3.05) is 18.5 Å². The first-order chi connectivity index (χ1) is 19.8. The van der Waals surface area contributed by atoms with Crippen LogP contribution in [0, 0.1) is 21.3 Å². The van der Waals surface area contributed by atoms with E-state index in [1.54, 1.807) is 0 Å². The second kappa shape index (κ2) is 11.5. The lowest BCUT2D eigenvalue weighted by molar-refractivity contribution is -0.119. The summed E-state index contributed by atoms with van der Waals surface area (Å²) in [6, 6.07) is 11.4. The van der Waals surface area contributed by atoms with E-state index < -0.39 is 5.92 Å². The van der Waals surface area contributed by atoms with E-state index in [0.29, 0.717) is 47.8 Å². The van der Waals surface area contributed by atoms with Gasteiger partial charge in [-0.15, -0.1) is 0 Å². The number of dihydropyridines is 1. The quantitative estimate of drug-likeness (QED) is 0.306. The fraction of sp³-hybridized carbons (Fsp3) is 0.441. The minimum atomic E-state index is -0.477. The lowest BCUT2D eigenvalue weighted by atomic mass is 9.64. The monoisotopic (exact) mass is 682 g/mol. The van der Waals surface area contributed by atoms with E-state index in [2.05, 4.69) is 60.9 Å². The molecule has 0 atom stereocenters. The molecule has 7 nitrogen and oxygen atoms in total. The third kappa shape index (κ3) is 6.28. The Hall–Kier alpha value is -3.14. The minimum Gasteiger partial charge on any atom is -0.490 e. The number of Topliss-reactive ketones (excluding diaryl/α,β-unsaturated/α-hetero) is 2. The topological polar surface area (TPSA) is 93.7 Å². The number of ether oxygens (including phenoxy) is 2. The van der Waals surface area contributed by atoms with Gasteiger partial charge in [0.1, 0.15) is 0 Å². The highest BCUT2D eigenvalue weighted by Crippen LogP contribution is 2.52. The van der Waals surface area contributed by atoms with E-state index >= 15 is 0 Å². The van der Waals surface area contributed by atoms with Crippen molar-refractivity contribution in [2.24, 2.45) is 10.8 Å². The average Bonchev–Trinajstić information content (AvgIpc) is 2.85. The Morgan fingerprint density at radius 2 is 1.57 bits per heavy atom. The third-order valence-electron chi connectivity index (χ3n) is 8.03. The molecule has 5 rings (SSSR count). The SMILES string of the molecule is CCOc1cc(C2C3=C(CC(C)(C)CC3=O)NC3=C2C(=O)CC(C)(C)C3)cc(I)c1OCC(=O)Nc1cccc(C)c1. The van der Waals surface area contributed by atoms with Crippen molar-refractivity contribution < 1.29 is 23.9 Å². The molecule has 0 aromatic heterocycles. The number of ketones is 2. The summed E-state index contributed by atoms with van der Waals surface area (Å²) >= 11 is 2.18. The summed E-state index contributed by atoms with van der Waals surface area (Å²) in [4.78, 5) is 40.1. The number of aryl methyl sites for hydroxylation is 1. The zero-order valence-corrected chi connectivity index (χ0v) is 27.4. The summed E-state index contributed by atoms with van der Waals surface area (Å²) in [7, 11) is 0. The van der Waals surface area contributed by atoms with Crippen LogP contribution in [-0.4, -0.2) is 30.7 Å². The van der Waals surface area contributed by atoms with Gasteiger partial charge in [0.25, 0.3) is 5.91 Å². The van der Waals surface area contributed by atoms with Gasteiger partial charge in [0.2, 0.25) is 0 Å². The number of allylic oxidation sites excluding steroid dienone is 4. The van der Waals surface area contributed by atoms with E-state index in [9.17, 15) is 14.4 Å². The summed E-state index contributed by atoms with van der Waals surface area (Å²) in [6.45, 7) is 12.5. The highest BCUT2D eigenvalue weighted by molar-refractivity contribution is 14.1. The molecule has 42 heavy (non-hydrogen) atoms. The number of benzene rings is 2. The predicted molar refractivity (Wildman–Crippen MR) is 172 cm³/mol. The van der Waals surface area contributed by atoms with E-state index in [0.717, 1.165) is 38.9 Å². The van der Waals surface area contributed by atoms with E-state index in [1.165, 1.54) is 0 Å². The Morgan fingerprint density at radius 3 is 2.14 bits per heavy atom. The second-order valence-corrected chi connectivity index (χ2v) is 14.4. The Morgan fingerprint density at radius 1 is 0.952 bits per heavy atom. The van der Waals surface area contributed by atoms with Crippen molar-refractivity contribution >= 4 is 45.8 Å². The molecule has 8 heteroatoms. The molecular weight excluding hydrogens is 643 g/mol. The number of halogens is 1. The molecule has 2 aromatic carbocycles. The number of nitrogens with one attached hydrogen (secondary N) is 2. The zero-order chi connectivity index (χ0) is 30.4. The van der Waals surface area contributed by atoms with Gasteiger partial charge in [0.15, 0.2) is 29.7 Å². The van der Waals surface area contributed by atoms with Crippen LogP contribution in [0.3, 0.4) is 0 Å². The van der Waals surface area contributed by atoms with E-state index in [4.69, 9.17) is 9.47 Å². The molecule has 0 saturated heterocycles. The highest BCUT2D eigenvalue weighted by atomic mass is 127. The van der Waals surface area contributed by atoms with Crippen molar-refractivity contribution in [3.05, 3.63) is 73.6 Å². The van der Waals surface area contributed by atoms with Crippen LogP contribution in [0.2, 0.25) is 0 Å². The van der Waals surface area contributed by atoms with E-state index in [1.807, 2.05) is 50.2 Å². The molecule has 0 saturated carbocycles. The fourth-order valence-corrected chi connectivity index (χ4v) is 7.22. The molecule has 1 aliphatic heterocycles. The number of hydrogen-bond donors (Lipinski definition) is 2. The molecule has 0 radical (unpaired) electrons. The maximum atomic E-state index is 13.7. The Labute approximate surface area is 261 Å². The molecule has 0 fully saturated rings.